The Labute approximate surface area is 96.8 Å². The Kier molecular flexibility index (Phi) is 1.93. The Bertz CT molecular complexity index is 412. The first kappa shape index (κ1) is 9.40. The molecular formula is C12H11BrO2. The van der Waals surface area contributed by atoms with E-state index >= 15 is 0 Å². The lowest BCUT2D eigenvalue weighted by Gasteiger charge is -2.04. The van der Waals surface area contributed by atoms with Gasteiger partial charge in [-0.05, 0) is 30.5 Å². The molecule has 0 aromatic heterocycles. The van der Waals surface area contributed by atoms with E-state index in [2.05, 4.69) is 28.1 Å². The number of hydrogen-bond donors (Lipinski definition) is 0. The number of halogens is 1. The van der Waals surface area contributed by atoms with Gasteiger partial charge in [0.25, 0.3) is 0 Å². The number of rotatable bonds is 1. The fourth-order valence-electron chi connectivity index (χ4n) is 2.51. The highest BCUT2D eigenvalue weighted by atomic mass is 79.9. The molecule has 0 bridgehead atoms. The summed E-state index contributed by atoms with van der Waals surface area (Å²) in [6.07, 6.45) is 1.86. The summed E-state index contributed by atoms with van der Waals surface area (Å²) in [5, 5.41) is 0. The number of esters is 1. The van der Waals surface area contributed by atoms with Crippen LogP contribution in [0.3, 0.4) is 0 Å². The zero-order valence-electron chi connectivity index (χ0n) is 8.20. The number of ether oxygens (including phenoxy) is 1. The molecule has 0 unspecified atom stereocenters. The molecule has 2 nitrogen and oxygen atoms in total. The molecule has 1 aliphatic carbocycles. The van der Waals surface area contributed by atoms with Crippen LogP contribution in [0.2, 0.25) is 0 Å². The van der Waals surface area contributed by atoms with Crippen LogP contribution in [-0.4, -0.2) is 12.6 Å². The van der Waals surface area contributed by atoms with E-state index in [0.717, 1.165) is 17.3 Å². The third-order valence-corrected chi connectivity index (χ3v) is 4.06. The van der Waals surface area contributed by atoms with Crippen LogP contribution in [0.5, 0.6) is 0 Å². The first-order valence-electron chi connectivity index (χ1n) is 5.15. The first-order chi connectivity index (χ1) is 7.22. The Hall–Kier alpha value is -0.830. The summed E-state index contributed by atoms with van der Waals surface area (Å²) in [5.41, 5.74) is 1.10. The lowest BCUT2D eigenvalue weighted by Crippen LogP contribution is -2.10. The predicted octanol–water partition coefficient (Wildman–Crippen LogP) is 2.87. The monoisotopic (exact) mass is 266 g/mol. The topological polar surface area (TPSA) is 26.3 Å². The second-order valence-corrected chi connectivity index (χ2v) is 5.27. The van der Waals surface area contributed by atoms with Crippen LogP contribution in [0.25, 0.3) is 0 Å². The van der Waals surface area contributed by atoms with Gasteiger partial charge in [0.15, 0.2) is 0 Å². The summed E-state index contributed by atoms with van der Waals surface area (Å²) < 4.78 is 6.14. The summed E-state index contributed by atoms with van der Waals surface area (Å²) in [6.45, 7) is 0.603. The summed E-state index contributed by atoms with van der Waals surface area (Å²) in [4.78, 5) is 11.6. The van der Waals surface area contributed by atoms with Crippen molar-refractivity contribution in [3.63, 3.8) is 0 Å². The lowest BCUT2D eigenvalue weighted by molar-refractivity contribution is -0.142. The molecule has 2 atom stereocenters. The van der Waals surface area contributed by atoms with Gasteiger partial charge in [-0.25, -0.2) is 0 Å². The zero-order valence-corrected chi connectivity index (χ0v) is 9.79. The highest BCUT2D eigenvalue weighted by Gasteiger charge is 2.63. The van der Waals surface area contributed by atoms with Crippen molar-refractivity contribution in [1.82, 2.24) is 0 Å². The molecule has 0 radical (unpaired) electrons. The summed E-state index contributed by atoms with van der Waals surface area (Å²) in [7, 11) is 0. The summed E-state index contributed by atoms with van der Waals surface area (Å²) >= 11 is 3.41. The highest BCUT2D eigenvalue weighted by molar-refractivity contribution is 9.10. The maximum atomic E-state index is 11.6. The van der Waals surface area contributed by atoms with Crippen LogP contribution < -0.4 is 0 Å². The quantitative estimate of drug-likeness (QED) is 0.731. The van der Waals surface area contributed by atoms with Gasteiger partial charge in [-0.1, -0.05) is 28.1 Å². The number of cyclic esters (lactones) is 1. The van der Waals surface area contributed by atoms with Crippen molar-refractivity contribution in [2.24, 2.45) is 5.41 Å². The molecule has 1 aromatic rings. The van der Waals surface area contributed by atoms with Crippen LogP contribution >= 0.6 is 15.9 Å². The maximum Gasteiger partial charge on any atom is 0.312 e. The molecule has 0 amide bonds. The van der Waals surface area contributed by atoms with Gasteiger partial charge >= 0.3 is 5.97 Å². The van der Waals surface area contributed by atoms with E-state index in [-0.39, 0.29) is 11.4 Å². The molecule has 1 aliphatic heterocycles. The molecule has 15 heavy (non-hydrogen) atoms. The van der Waals surface area contributed by atoms with E-state index in [4.69, 9.17) is 4.74 Å². The van der Waals surface area contributed by atoms with Crippen LogP contribution in [0.1, 0.15) is 24.3 Å². The highest BCUT2D eigenvalue weighted by Crippen LogP contribution is 2.64. The Morgan fingerprint density at radius 3 is 2.67 bits per heavy atom. The molecule has 78 valence electrons. The minimum absolute atomic E-state index is 0.00965. The van der Waals surface area contributed by atoms with Crippen molar-refractivity contribution in [1.29, 1.82) is 0 Å². The van der Waals surface area contributed by atoms with Crippen molar-refractivity contribution < 1.29 is 9.53 Å². The van der Waals surface area contributed by atoms with Crippen molar-refractivity contribution in [3.05, 3.63) is 34.3 Å². The fraction of sp³-hybridized carbons (Fsp3) is 0.417. The predicted molar refractivity (Wildman–Crippen MR) is 59.5 cm³/mol. The second kappa shape index (κ2) is 3.08. The molecule has 1 spiro atoms. The standard InChI is InChI=1S/C12H11BrO2/c13-9-3-1-8(2-4-9)10-7-12(10)5-6-15-11(12)14/h1-4,10H,5-7H2/t10-,12+/m0/s1. The number of hydrogen-bond acceptors (Lipinski definition) is 2. The van der Waals surface area contributed by atoms with E-state index in [0.29, 0.717) is 12.5 Å². The Morgan fingerprint density at radius 1 is 1.33 bits per heavy atom. The van der Waals surface area contributed by atoms with Crippen molar-refractivity contribution in [3.8, 4) is 0 Å². The van der Waals surface area contributed by atoms with Gasteiger partial charge < -0.3 is 4.74 Å². The van der Waals surface area contributed by atoms with Crippen molar-refractivity contribution in [2.45, 2.75) is 18.8 Å². The zero-order chi connectivity index (χ0) is 10.5. The largest absolute Gasteiger partial charge is 0.465 e. The smallest absolute Gasteiger partial charge is 0.312 e. The van der Waals surface area contributed by atoms with Crippen LogP contribution in [0.15, 0.2) is 28.7 Å². The molecule has 2 aliphatic rings. The second-order valence-electron chi connectivity index (χ2n) is 4.35. The molecule has 1 heterocycles. The Morgan fingerprint density at radius 2 is 2.07 bits per heavy atom. The van der Waals surface area contributed by atoms with E-state index < -0.39 is 0 Å². The third-order valence-electron chi connectivity index (χ3n) is 3.54. The van der Waals surface area contributed by atoms with E-state index in [1.54, 1.807) is 0 Å². The van der Waals surface area contributed by atoms with Gasteiger partial charge in [0.05, 0.1) is 12.0 Å². The maximum absolute atomic E-state index is 11.6. The minimum atomic E-state index is -0.159. The van der Waals surface area contributed by atoms with Crippen LogP contribution in [0.4, 0.5) is 0 Å². The van der Waals surface area contributed by atoms with Gasteiger partial charge in [0, 0.05) is 10.4 Å². The van der Waals surface area contributed by atoms with E-state index in [1.807, 2.05) is 12.1 Å². The fourth-order valence-corrected chi connectivity index (χ4v) is 2.78. The molecule has 0 N–H and O–H groups in total. The number of carbonyl (C=O) groups is 1. The molecule has 2 fully saturated rings. The van der Waals surface area contributed by atoms with Crippen LogP contribution in [-0.2, 0) is 9.53 Å². The summed E-state index contributed by atoms with van der Waals surface area (Å²) in [5.74, 6) is 0.399. The number of carbonyl (C=O) groups excluding carboxylic acids is 1. The molecule has 1 saturated heterocycles. The first-order valence-corrected chi connectivity index (χ1v) is 5.94. The molecular weight excluding hydrogens is 256 g/mol. The van der Waals surface area contributed by atoms with Crippen molar-refractivity contribution >= 4 is 21.9 Å². The van der Waals surface area contributed by atoms with E-state index in [9.17, 15) is 4.79 Å². The van der Waals surface area contributed by atoms with Gasteiger partial charge in [-0.3, -0.25) is 4.79 Å². The lowest BCUT2D eigenvalue weighted by atomic mass is 9.98. The average Bonchev–Trinajstić information content (AvgIpc) is 2.84. The van der Waals surface area contributed by atoms with Gasteiger partial charge in [0.1, 0.15) is 0 Å². The van der Waals surface area contributed by atoms with Crippen LogP contribution in [0, 0.1) is 5.41 Å². The van der Waals surface area contributed by atoms with Gasteiger partial charge in [-0.15, -0.1) is 0 Å². The molecule has 3 heteroatoms. The van der Waals surface area contributed by atoms with Gasteiger partial charge in [-0.2, -0.15) is 0 Å². The summed E-state index contributed by atoms with van der Waals surface area (Å²) in [6, 6.07) is 8.24. The third kappa shape index (κ3) is 1.33. The Balaban J connectivity index is 1.87. The number of benzene rings is 1. The normalized spacial score (nSPS) is 33.1. The van der Waals surface area contributed by atoms with Gasteiger partial charge in [0.2, 0.25) is 0 Å². The molecule has 3 rings (SSSR count). The van der Waals surface area contributed by atoms with E-state index in [1.165, 1.54) is 5.56 Å². The van der Waals surface area contributed by atoms with Crippen molar-refractivity contribution in [2.75, 3.05) is 6.61 Å². The average molecular weight is 267 g/mol. The minimum Gasteiger partial charge on any atom is -0.465 e. The SMILES string of the molecule is O=C1OCC[C@]12C[C@H]2c1ccc(Br)cc1. The molecule has 1 saturated carbocycles. The molecule has 1 aromatic carbocycles.